The Morgan fingerprint density at radius 1 is 1.46 bits per heavy atom. The highest BCUT2D eigenvalue weighted by Gasteiger charge is 2.44. The van der Waals surface area contributed by atoms with Gasteiger partial charge in [-0.1, -0.05) is 17.3 Å². The first kappa shape index (κ1) is 16.9. The number of benzene rings is 1. The SMILES string of the molecule is CCOC(=O)[C@]1(C[C@@H]2CC(c3ccc(F)cc3)=NO2)CCCNC1. The molecule has 6 heteroatoms. The number of carbonyl (C=O) groups excluding carboxylic acids is 1. The Bertz CT molecular complexity index is 609. The van der Waals surface area contributed by atoms with Crippen LogP contribution < -0.4 is 5.32 Å². The zero-order valence-corrected chi connectivity index (χ0v) is 13.9. The number of esters is 1. The second-order valence-electron chi connectivity index (χ2n) is 6.46. The highest BCUT2D eigenvalue weighted by Crippen LogP contribution is 2.36. The number of ether oxygens (including phenoxy) is 1. The van der Waals surface area contributed by atoms with Crippen molar-refractivity contribution in [3.63, 3.8) is 0 Å². The lowest BCUT2D eigenvalue weighted by atomic mass is 9.75. The summed E-state index contributed by atoms with van der Waals surface area (Å²) >= 11 is 0. The Hall–Kier alpha value is -1.95. The van der Waals surface area contributed by atoms with E-state index < -0.39 is 5.41 Å². The predicted molar refractivity (Wildman–Crippen MR) is 88.2 cm³/mol. The van der Waals surface area contributed by atoms with Crippen molar-refractivity contribution < 1.29 is 18.8 Å². The molecule has 2 aliphatic rings. The molecule has 5 nitrogen and oxygen atoms in total. The molecule has 0 aromatic heterocycles. The molecule has 0 aliphatic carbocycles. The van der Waals surface area contributed by atoms with Crippen molar-refractivity contribution in [2.45, 2.75) is 38.7 Å². The van der Waals surface area contributed by atoms with Gasteiger partial charge < -0.3 is 14.9 Å². The van der Waals surface area contributed by atoms with E-state index in [9.17, 15) is 9.18 Å². The van der Waals surface area contributed by atoms with Gasteiger partial charge in [0.15, 0.2) is 0 Å². The van der Waals surface area contributed by atoms with Gasteiger partial charge in [0.25, 0.3) is 0 Å². The minimum atomic E-state index is -0.549. The molecule has 24 heavy (non-hydrogen) atoms. The third kappa shape index (κ3) is 3.59. The molecular weight excluding hydrogens is 311 g/mol. The number of hydrogen-bond acceptors (Lipinski definition) is 5. The molecule has 2 aliphatic heterocycles. The minimum absolute atomic E-state index is 0.156. The van der Waals surface area contributed by atoms with Crippen LogP contribution in [0.2, 0.25) is 0 Å². The van der Waals surface area contributed by atoms with E-state index in [1.807, 2.05) is 6.92 Å². The number of carbonyl (C=O) groups is 1. The molecule has 1 aromatic rings. The molecule has 0 spiro atoms. The third-order valence-electron chi connectivity index (χ3n) is 4.71. The molecule has 3 rings (SSSR count). The van der Waals surface area contributed by atoms with Gasteiger partial charge in [-0.25, -0.2) is 4.39 Å². The lowest BCUT2D eigenvalue weighted by Gasteiger charge is -2.36. The van der Waals surface area contributed by atoms with E-state index in [0.29, 0.717) is 26.0 Å². The van der Waals surface area contributed by atoms with Crippen molar-refractivity contribution in [1.82, 2.24) is 5.32 Å². The summed E-state index contributed by atoms with van der Waals surface area (Å²) in [4.78, 5) is 18.1. The van der Waals surface area contributed by atoms with E-state index in [1.54, 1.807) is 12.1 Å². The Balaban J connectivity index is 1.66. The first-order chi connectivity index (χ1) is 11.6. The number of piperidine rings is 1. The standard InChI is InChI=1S/C18H23FN2O3/c1-2-23-17(22)18(8-3-9-20-12-18)11-15-10-16(21-24-15)13-4-6-14(19)7-5-13/h4-7,15,20H,2-3,8-12H2,1H3/t15-,18-/m0/s1. The fourth-order valence-electron chi connectivity index (χ4n) is 3.47. The average molecular weight is 334 g/mol. The van der Waals surface area contributed by atoms with Crippen LogP contribution in [0.5, 0.6) is 0 Å². The van der Waals surface area contributed by atoms with Crippen LogP contribution in [0.25, 0.3) is 0 Å². The van der Waals surface area contributed by atoms with Gasteiger partial charge in [0.05, 0.1) is 17.7 Å². The Labute approximate surface area is 141 Å². The van der Waals surface area contributed by atoms with E-state index in [0.717, 1.165) is 30.7 Å². The summed E-state index contributed by atoms with van der Waals surface area (Å²) in [7, 11) is 0. The molecule has 1 fully saturated rings. The van der Waals surface area contributed by atoms with Crippen LogP contribution >= 0.6 is 0 Å². The summed E-state index contributed by atoms with van der Waals surface area (Å²) in [6.07, 6.45) is 2.77. The molecular formula is C18H23FN2O3. The molecule has 2 heterocycles. The van der Waals surface area contributed by atoms with Crippen LogP contribution in [-0.4, -0.2) is 37.5 Å². The molecule has 0 radical (unpaired) electrons. The zero-order valence-electron chi connectivity index (χ0n) is 13.9. The quantitative estimate of drug-likeness (QED) is 0.841. The second kappa shape index (κ2) is 7.30. The first-order valence-corrected chi connectivity index (χ1v) is 8.49. The van der Waals surface area contributed by atoms with Gasteiger partial charge in [-0.2, -0.15) is 0 Å². The van der Waals surface area contributed by atoms with Crippen LogP contribution in [0.4, 0.5) is 4.39 Å². The number of hydrogen-bond donors (Lipinski definition) is 1. The largest absolute Gasteiger partial charge is 0.466 e. The fraction of sp³-hybridized carbons (Fsp3) is 0.556. The maximum atomic E-state index is 13.0. The number of halogens is 1. The molecule has 0 unspecified atom stereocenters. The molecule has 0 bridgehead atoms. The van der Waals surface area contributed by atoms with Gasteiger partial charge in [0.2, 0.25) is 0 Å². The molecule has 1 saturated heterocycles. The van der Waals surface area contributed by atoms with Gasteiger partial charge >= 0.3 is 5.97 Å². The lowest BCUT2D eigenvalue weighted by molar-refractivity contribution is -0.159. The highest BCUT2D eigenvalue weighted by atomic mass is 19.1. The summed E-state index contributed by atoms with van der Waals surface area (Å²) in [5.41, 5.74) is 1.10. The van der Waals surface area contributed by atoms with Crippen LogP contribution in [0.15, 0.2) is 29.4 Å². The Morgan fingerprint density at radius 2 is 2.25 bits per heavy atom. The van der Waals surface area contributed by atoms with Crippen LogP contribution in [0.3, 0.4) is 0 Å². The van der Waals surface area contributed by atoms with Crippen LogP contribution in [0, 0.1) is 11.2 Å². The lowest BCUT2D eigenvalue weighted by Crippen LogP contribution is -2.48. The van der Waals surface area contributed by atoms with Gasteiger partial charge in [-0.15, -0.1) is 0 Å². The third-order valence-corrected chi connectivity index (χ3v) is 4.71. The average Bonchev–Trinajstić information content (AvgIpc) is 3.05. The fourth-order valence-corrected chi connectivity index (χ4v) is 3.47. The molecule has 2 atom stereocenters. The smallest absolute Gasteiger partial charge is 0.313 e. The van der Waals surface area contributed by atoms with Crippen molar-refractivity contribution in [3.05, 3.63) is 35.6 Å². The van der Waals surface area contributed by atoms with Crippen LogP contribution in [-0.2, 0) is 14.4 Å². The molecule has 1 aromatic carbocycles. The van der Waals surface area contributed by atoms with Crippen molar-refractivity contribution in [3.8, 4) is 0 Å². The number of nitrogens with zero attached hydrogens (tertiary/aromatic N) is 1. The van der Waals surface area contributed by atoms with Crippen LogP contribution in [0.1, 0.15) is 38.2 Å². The monoisotopic (exact) mass is 334 g/mol. The summed E-state index contributed by atoms with van der Waals surface area (Å²) in [6.45, 7) is 3.73. The van der Waals surface area contributed by atoms with Gasteiger partial charge in [-0.05, 0) is 44.0 Å². The Kier molecular flexibility index (Phi) is 5.14. The summed E-state index contributed by atoms with van der Waals surface area (Å²) in [6, 6.07) is 6.22. The zero-order chi connectivity index (χ0) is 17.0. The summed E-state index contributed by atoms with van der Waals surface area (Å²) in [5.74, 6) is -0.430. The summed E-state index contributed by atoms with van der Waals surface area (Å²) in [5, 5.41) is 7.44. The van der Waals surface area contributed by atoms with Crippen molar-refractivity contribution in [2.24, 2.45) is 10.6 Å². The molecule has 130 valence electrons. The van der Waals surface area contributed by atoms with E-state index >= 15 is 0 Å². The number of rotatable bonds is 5. The van der Waals surface area contributed by atoms with E-state index in [1.165, 1.54) is 12.1 Å². The first-order valence-electron chi connectivity index (χ1n) is 8.49. The molecule has 0 saturated carbocycles. The van der Waals surface area contributed by atoms with E-state index in [-0.39, 0.29) is 17.9 Å². The van der Waals surface area contributed by atoms with Gasteiger partial charge in [-0.3, -0.25) is 4.79 Å². The maximum Gasteiger partial charge on any atom is 0.313 e. The number of oxime groups is 1. The van der Waals surface area contributed by atoms with Gasteiger partial charge in [0, 0.05) is 19.4 Å². The molecule has 1 N–H and O–H groups in total. The highest BCUT2D eigenvalue weighted by molar-refractivity contribution is 6.01. The van der Waals surface area contributed by atoms with Crippen molar-refractivity contribution in [1.29, 1.82) is 0 Å². The minimum Gasteiger partial charge on any atom is -0.466 e. The van der Waals surface area contributed by atoms with E-state index in [4.69, 9.17) is 9.57 Å². The maximum absolute atomic E-state index is 13.0. The van der Waals surface area contributed by atoms with Gasteiger partial charge in [0.1, 0.15) is 11.9 Å². The Morgan fingerprint density at radius 3 is 2.92 bits per heavy atom. The van der Waals surface area contributed by atoms with Crippen molar-refractivity contribution in [2.75, 3.05) is 19.7 Å². The van der Waals surface area contributed by atoms with Crippen molar-refractivity contribution >= 4 is 11.7 Å². The van der Waals surface area contributed by atoms with E-state index in [2.05, 4.69) is 10.5 Å². The molecule has 0 amide bonds. The normalized spacial score (nSPS) is 26.6. The number of nitrogens with one attached hydrogen (secondary N) is 1. The topological polar surface area (TPSA) is 59.9 Å². The summed E-state index contributed by atoms with van der Waals surface area (Å²) < 4.78 is 18.3. The second-order valence-corrected chi connectivity index (χ2v) is 6.46. The predicted octanol–water partition coefficient (Wildman–Crippen LogP) is 2.64.